The number of hydrogen-bond acceptors (Lipinski definition) is 3. The number of carboxylic acids is 1. The average molecular weight is 270 g/mol. The first-order valence-electron chi connectivity index (χ1n) is 5.73. The molecule has 0 aromatic heterocycles. The molecule has 1 heterocycles. The Morgan fingerprint density at radius 3 is 2.74 bits per heavy atom. The minimum atomic E-state index is -1.52. The topological polar surface area (TPSA) is 78.4 Å². The van der Waals surface area contributed by atoms with Crippen LogP contribution in [0, 0.1) is 11.6 Å². The third-order valence-corrected chi connectivity index (χ3v) is 2.94. The van der Waals surface area contributed by atoms with Crippen molar-refractivity contribution in [1.29, 1.82) is 0 Å². The van der Waals surface area contributed by atoms with E-state index in [1.54, 1.807) is 0 Å². The molecule has 19 heavy (non-hydrogen) atoms. The zero-order valence-corrected chi connectivity index (χ0v) is 9.87. The normalized spacial score (nSPS) is 18.2. The van der Waals surface area contributed by atoms with Gasteiger partial charge in [-0.2, -0.15) is 0 Å². The van der Waals surface area contributed by atoms with Crippen LogP contribution in [0.2, 0.25) is 0 Å². The predicted molar refractivity (Wildman–Crippen MR) is 63.0 cm³/mol. The largest absolute Gasteiger partial charge is 0.478 e. The van der Waals surface area contributed by atoms with Crippen LogP contribution in [0.1, 0.15) is 23.2 Å². The van der Waals surface area contributed by atoms with Gasteiger partial charge >= 0.3 is 5.97 Å². The van der Waals surface area contributed by atoms with Gasteiger partial charge in [-0.05, 0) is 18.6 Å². The number of nitrogens with one attached hydrogen (secondary N) is 2. The quantitative estimate of drug-likeness (QED) is 0.771. The fourth-order valence-corrected chi connectivity index (χ4v) is 1.91. The molecule has 5 nitrogen and oxygen atoms in total. The second-order valence-electron chi connectivity index (χ2n) is 4.28. The van der Waals surface area contributed by atoms with Crippen LogP contribution in [0.5, 0.6) is 0 Å². The molecule has 1 saturated heterocycles. The first-order valence-corrected chi connectivity index (χ1v) is 5.73. The van der Waals surface area contributed by atoms with E-state index in [4.69, 9.17) is 5.11 Å². The van der Waals surface area contributed by atoms with E-state index in [-0.39, 0.29) is 24.2 Å². The number of halogens is 2. The van der Waals surface area contributed by atoms with E-state index in [9.17, 15) is 18.4 Å². The van der Waals surface area contributed by atoms with E-state index in [0.29, 0.717) is 12.8 Å². The molecule has 1 aromatic carbocycles. The molecule has 1 aromatic rings. The second-order valence-corrected chi connectivity index (χ2v) is 4.28. The van der Waals surface area contributed by atoms with Crippen LogP contribution >= 0.6 is 0 Å². The van der Waals surface area contributed by atoms with Crippen molar-refractivity contribution in [1.82, 2.24) is 5.32 Å². The number of anilines is 1. The smallest absolute Gasteiger partial charge is 0.338 e. The highest BCUT2D eigenvalue weighted by molar-refractivity contribution is 5.88. The molecule has 1 aliphatic rings. The van der Waals surface area contributed by atoms with Gasteiger partial charge in [0.25, 0.3) is 0 Å². The summed E-state index contributed by atoms with van der Waals surface area (Å²) in [5.74, 6) is -4.22. The van der Waals surface area contributed by atoms with Crippen LogP contribution in [0.3, 0.4) is 0 Å². The number of carbonyl (C=O) groups excluding carboxylic acids is 1. The average Bonchev–Trinajstić information content (AvgIpc) is 2.76. The summed E-state index contributed by atoms with van der Waals surface area (Å²) in [6.45, 7) is 0.258. The molecule has 1 aliphatic heterocycles. The molecule has 7 heteroatoms. The van der Waals surface area contributed by atoms with Crippen LogP contribution in [0.25, 0.3) is 0 Å². The minimum absolute atomic E-state index is 0.0697. The van der Waals surface area contributed by atoms with Crippen molar-refractivity contribution in [3.63, 3.8) is 0 Å². The number of aromatic carboxylic acids is 1. The Labute approximate surface area is 107 Å². The molecular formula is C12H12F2N2O3. The lowest BCUT2D eigenvalue weighted by Gasteiger charge is -2.13. The third-order valence-electron chi connectivity index (χ3n) is 2.94. The van der Waals surface area contributed by atoms with Gasteiger partial charge in [0.2, 0.25) is 5.91 Å². The maximum atomic E-state index is 13.6. The lowest BCUT2D eigenvalue weighted by Crippen LogP contribution is -2.32. The van der Waals surface area contributed by atoms with Gasteiger partial charge in [0.1, 0.15) is 0 Å². The van der Waals surface area contributed by atoms with Crippen molar-refractivity contribution in [2.24, 2.45) is 0 Å². The van der Waals surface area contributed by atoms with E-state index in [1.807, 2.05) is 0 Å². The van der Waals surface area contributed by atoms with Crippen LogP contribution in [0.15, 0.2) is 12.1 Å². The van der Waals surface area contributed by atoms with Gasteiger partial charge in [-0.15, -0.1) is 0 Å². The van der Waals surface area contributed by atoms with Crippen molar-refractivity contribution in [3.05, 3.63) is 29.3 Å². The number of amides is 1. The first kappa shape index (κ1) is 13.3. The SMILES string of the molecule is O=C1CCC(CNc2ccc(C(=O)O)c(F)c2F)N1. The Morgan fingerprint density at radius 2 is 2.16 bits per heavy atom. The van der Waals surface area contributed by atoms with Crippen LogP contribution in [-0.2, 0) is 4.79 Å². The van der Waals surface area contributed by atoms with Gasteiger partial charge < -0.3 is 15.7 Å². The molecule has 1 atom stereocenters. The molecule has 0 radical (unpaired) electrons. The summed E-state index contributed by atoms with van der Waals surface area (Å²) in [4.78, 5) is 21.6. The van der Waals surface area contributed by atoms with Gasteiger partial charge in [0, 0.05) is 19.0 Å². The molecule has 1 unspecified atom stereocenters. The molecule has 0 aliphatic carbocycles. The van der Waals surface area contributed by atoms with Gasteiger partial charge in [-0.25, -0.2) is 13.6 Å². The van der Waals surface area contributed by atoms with E-state index in [1.165, 1.54) is 6.07 Å². The number of benzene rings is 1. The van der Waals surface area contributed by atoms with Crippen molar-refractivity contribution >= 4 is 17.6 Å². The molecular weight excluding hydrogens is 258 g/mol. The Kier molecular flexibility index (Phi) is 3.64. The molecule has 2 rings (SSSR count). The second kappa shape index (κ2) is 5.21. The maximum Gasteiger partial charge on any atom is 0.338 e. The number of carboxylic acid groups (broad SMARTS) is 1. The van der Waals surface area contributed by atoms with E-state index in [0.717, 1.165) is 6.07 Å². The van der Waals surface area contributed by atoms with Crippen LogP contribution < -0.4 is 10.6 Å². The first-order chi connectivity index (χ1) is 8.99. The Hall–Kier alpha value is -2.18. The van der Waals surface area contributed by atoms with Crippen molar-refractivity contribution < 1.29 is 23.5 Å². The van der Waals surface area contributed by atoms with Gasteiger partial charge in [-0.3, -0.25) is 4.79 Å². The molecule has 0 bridgehead atoms. The van der Waals surface area contributed by atoms with E-state index < -0.39 is 23.2 Å². The number of hydrogen-bond donors (Lipinski definition) is 3. The van der Waals surface area contributed by atoms with Crippen molar-refractivity contribution in [2.75, 3.05) is 11.9 Å². The standard InChI is InChI=1S/C12H12F2N2O3/c13-10-7(12(18)19)2-3-8(11(10)14)15-5-6-1-4-9(17)16-6/h2-3,6,15H,1,4-5H2,(H,16,17)(H,18,19). The molecule has 0 spiro atoms. The Morgan fingerprint density at radius 1 is 1.42 bits per heavy atom. The van der Waals surface area contributed by atoms with Crippen molar-refractivity contribution in [3.8, 4) is 0 Å². The molecule has 0 saturated carbocycles. The van der Waals surface area contributed by atoms with Crippen LogP contribution in [-0.4, -0.2) is 29.6 Å². The van der Waals surface area contributed by atoms with Gasteiger partial charge in [0.05, 0.1) is 11.3 Å². The predicted octanol–water partition coefficient (Wildman–Crippen LogP) is 1.35. The summed E-state index contributed by atoms with van der Waals surface area (Å²) in [6, 6.07) is 2.03. The van der Waals surface area contributed by atoms with Crippen LogP contribution in [0.4, 0.5) is 14.5 Å². The fraction of sp³-hybridized carbons (Fsp3) is 0.333. The zero-order chi connectivity index (χ0) is 14.0. The number of carbonyl (C=O) groups is 2. The summed E-state index contributed by atoms with van der Waals surface area (Å²) in [5, 5.41) is 14.0. The van der Waals surface area contributed by atoms with E-state index >= 15 is 0 Å². The number of rotatable bonds is 4. The van der Waals surface area contributed by atoms with Gasteiger partial charge in [-0.1, -0.05) is 0 Å². The lowest BCUT2D eigenvalue weighted by molar-refractivity contribution is -0.119. The summed E-state index contributed by atoms with van der Waals surface area (Å²) in [5.41, 5.74) is -0.833. The van der Waals surface area contributed by atoms with E-state index in [2.05, 4.69) is 10.6 Å². The highest BCUT2D eigenvalue weighted by Crippen LogP contribution is 2.21. The molecule has 102 valence electrons. The van der Waals surface area contributed by atoms with Crippen molar-refractivity contribution in [2.45, 2.75) is 18.9 Å². The Balaban J connectivity index is 2.07. The Bertz CT molecular complexity index is 534. The maximum absolute atomic E-state index is 13.6. The summed E-state index contributed by atoms with van der Waals surface area (Å²) < 4.78 is 27.0. The third kappa shape index (κ3) is 2.81. The summed E-state index contributed by atoms with van der Waals surface area (Å²) in [6.07, 6.45) is 1.05. The molecule has 3 N–H and O–H groups in total. The highest BCUT2D eigenvalue weighted by atomic mass is 19.2. The summed E-state index contributed by atoms with van der Waals surface area (Å²) in [7, 11) is 0. The fourth-order valence-electron chi connectivity index (χ4n) is 1.91. The minimum Gasteiger partial charge on any atom is -0.478 e. The highest BCUT2D eigenvalue weighted by Gasteiger charge is 2.22. The lowest BCUT2D eigenvalue weighted by atomic mass is 10.1. The zero-order valence-electron chi connectivity index (χ0n) is 9.87. The molecule has 1 amide bonds. The summed E-state index contributed by atoms with van der Waals surface area (Å²) >= 11 is 0. The molecule has 1 fully saturated rings. The monoisotopic (exact) mass is 270 g/mol. The van der Waals surface area contributed by atoms with Gasteiger partial charge in [0.15, 0.2) is 11.6 Å².